The molecule has 0 atom stereocenters. The van der Waals surface area contributed by atoms with Crippen LogP contribution in [-0.2, 0) is 13.6 Å². The Balaban J connectivity index is 1.50. The first-order valence-corrected chi connectivity index (χ1v) is 7.83. The molecule has 0 spiro atoms. The van der Waals surface area contributed by atoms with Crippen molar-refractivity contribution in [3.05, 3.63) is 17.5 Å². The summed E-state index contributed by atoms with van der Waals surface area (Å²) in [5.74, 6) is 0.0367. The molecule has 3 rings (SSSR count). The summed E-state index contributed by atoms with van der Waals surface area (Å²) in [6.45, 7) is 3.89. The summed E-state index contributed by atoms with van der Waals surface area (Å²) in [5, 5.41) is 16.9. The number of aromatic carboxylic acids is 1. The lowest BCUT2D eigenvalue weighted by atomic mass is 10.0. The lowest BCUT2D eigenvalue weighted by Crippen LogP contribution is -2.43. The summed E-state index contributed by atoms with van der Waals surface area (Å²) >= 11 is 0. The summed E-state index contributed by atoms with van der Waals surface area (Å²) in [6.07, 6.45) is 6.52. The van der Waals surface area contributed by atoms with Crippen LogP contribution in [0.5, 0.6) is 0 Å². The molecule has 1 aromatic rings. The first-order chi connectivity index (χ1) is 10.1. The minimum atomic E-state index is -0.890. The number of carboxylic acids is 1. The quantitative estimate of drug-likeness (QED) is 0.821. The Bertz CT molecular complexity index is 502. The predicted octanol–water partition coefficient (Wildman–Crippen LogP) is 1.08. The lowest BCUT2D eigenvalue weighted by molar-refractivity contribution is 0.0693. The SMILES string of the molecule is Cn1ncc(C(=O)O)c1CN1CCC(NCC2CC2)CC1. The van der Waals surface area contributed by atoms with E-state index in [1.165, 1.54) is 25.6 Å². The van der Waals surface area contributed by atoms with Crippen LogP contribution in [0.15, 0.2) is 6.20 Å². The van der Waals surface area contributed by atoms with Crippen molar-refractivity contribution in [2.24, 2.45) is 13.0 Å². The van der Waals surface area contributed by atoms with Crippen molar-refractivity contribution in [1.29, 1.82) is 0 Å². The molecule has 0 amide bonds. The smallest absolute Gasteiger partial charge is 0.339 e. The van der Waals surface area contributed by atoms with E-state index in [1.807, 2.05) is 7.05 Å². The monoisotopic (exact) mass is 292 g/mol. The van der Waals surface area contributed by atoms with Crippen molar-refractivity contribution in [3.8, 4) is 0 Å². The van der Waals surface area contributed by atoms with E-state index in [0.29, 0.717) is 18.2 Å². The van der Waals surface area contributed by atoms with Gasteiger partial charge >= 0.3 is 5.97 Å². The summed E-state index contributed by atoms with van der Waals surface area (Å²) in [4.78, 5) is 13.5. The number of carbonyl (C=O) groups is 1. The molecule has 1 aliphatic carbocycles. The highest BCUT2D eigenvalue weighted by Crippen LogP contribution is 2.28. The largest absolute Gasteiger partial charge is 0.478 e. The standard InChI is InChI=1S/C15H24N4O2/c1-18-14(13(9-17-18)15(20)21)10-19-6-4-12(5-7-19)16-8-11-2-3-11/h9,11-12,16H,2-8,10H2,1H3,(H,20,21). The van der Waals surface area contributed by atoms with Crippen LogP contribution in [0.1, 0.15) is 41.7 Å². The highest BCUT2D eigenvalue weighted by atomic mass is 16.4. The summed E-state index contributed by atoms with van der Waals surface area (Å²) in [5.41, 5.74) is 1.12. The van der Waals surface area contributed by atoms with Crippen molar-refractivity contribution in [1.82, 2.24) is 20.0 Å². The average molecular weight is 292 g/mol. The Morgan fingerprint density at radius 1 is 1.38 bits per heavy atom. The van der Waals surface area contributed by atoms with Gasteiger partial charge in [0.15, 0.2) is 0 Å². The number of hydrogen-bond donors (Lipinski definition) is 2. The third-order valence-electron chi connectivity index (χ3n) is 4.65. The van der Waals surface area contributed by atoms with Gasteiger partial charge in [0, 0.05) is 32.7 Å². The molecule has 0 aromatic carbocycles. The van der Waals surface area contributed by atoms with E-state index in [-0.39, 0.29) is 0 Å². The number of hydrogen-bond acceptors (Lipinski definition) is 4. The Labute approximate surface area is 125 Å². The van der Waals surface area contributed by atoms with Crippen LogP contribution in [0, 0.1) is 5.92 Å². The van der Waals surface area contributed by atoms with Crippen LogP contribution in [-0.4, -0.2) is 51.4 Å². The van der Waals surface area contributed by atoms with E-state index in [2.05, 4.69) is 15.3 Å². The third kappa shape index (κ3) is 3.63. The van der Waals surface area contributed by atoms with E-state index >= 15 is 0 Å². The van der Waals surface area contributed by atoms with Gasteiger partial charge in [-0.3, -0.25) is 9.58 Å². The zero-order valence-corrected chi connectivity index (χ0v) is 12.6. The summed E-state index contributed by atoms with van der Waals surface area (Å²) in [7, 11) is 1.81. The second kappa shape index (κ2) is 6.15. The zero-order valence-electron chi connectivity index (χ0n) is 12.6. The fraction of sp³-hybridized carbons (Fsp3) is 0.733. The van der Waals surface area contributed by atoms with Crippen molar-refractivity contribution in [2.45, 2.75) is 38.3 Å². The molecule has 2 N–H and O–H groups in total. The van der Waals surface area contributed by atoms with Gasteiger partial charge < -0.3 is 10.4 Å². The molecule has 0 unspecified atom stereocenters. The molecule has 2 aliphatic rings. The summed E-state index contributed by atoms with van der Waals surface area (Å²) < 4.78 is 1.68. The Morgan fingerprint density at radius 3 is 2.71 bits per heavy atom. The Hall–Kier alpha value is -1.40. The van der Waals surface area contributed by atoms with Gasteiger partial charge in [-0.05, 0) is 38.1 Å². The number of nitrogens with zero attached hydrogens (tertiary/aromatic N) is 3. The van der Waals surface area contributed by atoms with Gasteiger partial charge in [-0.2, -0.15) is 5.10 Å². The number of carboxylic acid groups (broad SMARTS) is 1. The number of rotatable bonds is 6. The molecule has 21 heavy (non-hydrogen) atoms. The van der Waals surface area contributed by atoms with Crippen molar-refractivity contribution in [3.63, 3.8) is 0 Å². The molecule has 1 saturated carbocycles. The van der Waals surface area contributed by atoms with Crippen LogP contribution in [0.2, 0.25) is 0 Å². The van der Waals surface area contributed by atoms with Crippen LogP contribution in [0.4, 0.5) is 0 Å². The van der Waals surface area contributed by atoms with Gasteiger partial charge in [0.05, 0.1) is 11.9 Å². The lowest BCUT2D eigenvalue weighted by Gasteiger charge is -2.32. The first-order valence-electron chi connectivity index (χ1n) is 7.83. The maximum Gasteiger partial charge on any atom is 0.339 e. The summed E-state index contributed by atoms with van der Waals surface area (Å²) in [6, 6.07) is 0.632. The minimum Gasteiger partial charge on any atom is -0.478 e. The minimum absolute atomic E-state index is 0.325. The van der Waals surface area contributed by atoms with Gasteiger partial charge in [-0.1, -0.05) is 0 Å². The van der Waals surface area contributed by atoms with Crippen LogP contribution >= 0.6 is 0 Å². The number of nitrogens with one attached hydrogen (secondary N) is 1. The topological polar surface area (TPSA) is 70.4 Å². The van der Waals surface area contributed by atoms with Crippen molar-refractivity contribution in [2.75, 3.05) is 19.6 Å². The predicted molar refractivity (Wildman–Crippen MR) is 79.2 cm³/mol. The molecule has 0 bridgehead atoms. The van der Waals surface area contributed by atoms with E-state index in [0.717, 1.165) is 37.5 Å². The Kier molecular flexibility index (Phi) is 4.26. The first kappa shape index (κ1) is 14.5. The van der Waals surface area contributed by atoms with Crippen LogP contribution < -0.4 is 5.32 Å². The molecule has 0 radical (unpaired) electrons. The maximum absolute atomic E-state index is 11.2. The van der Waals surface area contributed by atoms with Gasteiger partial charge in [0.1, 0.15) is 5.56 Å². The van der Waals surface area contributed by atoms with E-state index in [1.54, 1.807) is 4.68 Å². The number of aryl methyl sites for hydroxylation is 1. The fourth-order valence-electron chi connectivity index (χ4n) is 2.99. The molecule has 1 aromatic heterocycles. The molecule has 1 aliphatic heterocycles. The van der Waals surface area contributed by atoms with Gasteiger partial charge in [-0.25, -0.2) is 4.79 Å². The van der Waals surface area contributed by atoms with E-state index < -0.39 is 5.97 Å². The normalized spacial score (nSPS) is 20.8. The highest BCUT2D eigenvalue weighted by Gasteiger charge is 2.25. The third-order valence-corrected chi connectivity index (χ3v) is 4.65. The van der Waals surface area contributed by atoms with E-state index in [9.17, 15) is 9.90 Å². The zero-order chi connectivity index (χ0) is 14.8. The van der Waals surface area contributed by atoms with Gasteiger partial charge in [0.2, 0.25) is 0 Å². The molecule has 2 fully saturated rings. The molecule has 6 heteroatoms. The van der Waals surface area contributed by atoms with Crippen molar-refractivity contribution < 1.29 is 9.90 Å². The van der Waals surface area contributed by atoms with Crippen molar-refractivity contribution >= 4 is 5.97 Å². The fourth-order valence-corrected chi connectivity index (χ4v) is 2.99. The van der Waals surface area contributed by atoms with Gasteiger partial charge in [0.25, 0.3) is 0 Å². The van der Waals surface area contributed by atoms with E-state index in [4.69, 9.17) is 0 Å². The average Bonchev–Trinajstić information content (AvgIpc) is 3.23. The highest BCUT2D eigenvalue weighted by molar-refractivity contribution is 5.88. The number of piperidine rings is 1. The molecule has 1 saturated heterocycles. The Morgan fingerprint density at radius 2 is 2.10 bits per heavy atom. The second-order valence-corrected chi connectivity index (χ2v) is 6.34. The number of aromatic nitrogens is 2. The maximum atomic E-state index is 11.2. The molecule has 2 heterocycles. The molecule has 6 nitrogen and oxygen atoms in total. The molecular formula is C15H24N4O2. The number of likely N-dealkylation sites (tertiary alicyclic amines) is 1. The molecule has 116 valence electrons. The van der Waals surface area contributed by atoms with Crippen LogP contribution in [0.3, 0.4) is 0 Å². The second-order valence-electron chi connectivity index (χ2n) is 6.34. The van der Waals surface area contributed by atoms with Crippen LogP contribution in [0.25, 0.3) is 0 Å². The molecular weight excluding hydrogens is 268 g/mol. The van der Waals surface area contributed by atoms with Gasteiger partial charge in [-0.15, -0.1) is 0 Å².